The van der Waals surface area contributed by atoms with E-state index >= 15 is 0 Å². The van der Waals surface area contributed by atoms with E-state index in [0.29, 0.717) is 24.7 Å². The summed E-state index contributed by atoms with van der Waals surface area (Å²) in [6.07, 6.45) is 0.701. The number of aromatic nitrogens is 4. The van der Waals surface area contributed by atoms with Crippen LogP contribution in [0.15, 0.2) is 16.7 Å². The zero-order valence-corrected chi connectivity index (χ0v) is 9.27. The highest BCUT2D eigenvalue weighted by molar-refractivity contribution is 5.32. The number of rotatable bonds is 4. The van der Waals surface area contributed by atoms with Gasteiger partial charge in [0, 0.05) is 19.9 Å². The summed E-state index contributed by atoms with van der Waals surface area (Å²) >= 11 is 0. The highest BCUT2D eigenvalue weighted by Gasteiger charge is 2.01. The largest absolute Gasteiger partial charge is 0.368 e. The van der Waals surface area contributed by atoms with Gasteiger partial charge in [0.2, 0.25) is 5.89 Å². The maximum absolute atomic E-state index is 4.87. The predicted molar refractivity (Wildman–Crippen MR) is 58.0 cm³/mol. The van der Waals surface area contributed by atoms with E-state index < -0.39 is 0 Å². The van der Waals surface area contributed by atoms with E-state index in [0.717, 1.165) is 11.5 Å². The molecule has 0 saturated heterocycles. The molecule has 0 saturated carbocycles. The van der Waals surface area contributed by atoms with Crippen molar-refractivity contribution in [3.8, 4) is 0 Å². The first kappa shape index (κ1) is 10.5. The van der Waals surface area contributed by atoms with Gasteiger partial charge in [0.05, 0.1) is 5.69 Å². The van der Waals surface area contributed by atoms with Crippen molar-refractivity contribution in [3.05, 3.63) is 29.5 Å². The molecule has 2 aromatic heterocycles. The van der Waals surface area contributed by atoms with Gasteiger partial charge >= 0.3 is 0 Å². The van der Waals surface area contributed by atoms with Crippen molar-refractivity contribution in [3.63, 3.8) is 0 Å². The van der Waals surface area contributed by atoms with E-state index in [1.165, 1.54) is 0 Å². The smallest absolute Gasteiger partial charge is 0.223 e. The Morgan fingerprint density at radius 2 is 2.12 bits per heavy atom. The standard InChI is InChI=1S/C10H13N5O/c1-7-3-4-9(14-13-7)11-6-5-10-12-8(2)16-15-10/h3-4H,5-6H2,1-2H3,(H,11,14). The van der Waals surface area contributed by atoms with Crippen LogP contribution in [0.3, 0.4) is 0 Å². The van der Waals surface area contributed by atoms with Gasteiger partial charge < -0.3 is 9.84 Å². The molecule has 16 heavy (non-hydrogen) atoms. The summed E-state index contributed by atoms with van der Waals surface area (Å²) < 4.78 is 4.87. The number of nitrogens with one attached hydrogen (secondary N) is 1. The minimum Gasteiger partial charge on any atom is -0.368 e. The van der Waals surface area contributed by atoms with Crippen LogP contribution in [0.2, 0.25) is 0 Å². The third-order valence-corrected chi connectivity index (χ3v) is 2.02. The second-order valence-electron chi connectivity index (χ2n) is 3.47. The van der Waals surface area contributed by atoms with Gasteiger partial charge in [-0.2, -0.15) is 10.1 Å². The van der Waals surface area contributed by atoms with Crippen LogP contribution in [0.4, 0.5) is 5.82 Å². The lowest BCUT2D eigenvalue weighted by molar-refractivity contribution is 0.387. The molecular weight excluding hydrogens is 206 g/mol. The van der Waals surface area contributed by atoms with Crippen LogP contribution in [0.25, 0.3) is 0 Å². The van der Waals surface area contributed by atoms with Gasteiger partial charge in [0.25, 0.3) is 0 Å². The molecule has 0 atom stereocenters. The third kappa shape index (κ3) is 2.75. The normalized spacial score (nSPS) is 10.4. The third-order valence-electron chi connectivity index (χ3n) is 2.02. The topological polar surface area (TPSA) is 76.7 Å². The molecule has 0 aromatic carbocycles. The van der Waals surface area contributed by atoms with Gasteiger partial charge in [-0.15, -0.1) is 5.10 Å². The summed E-state index contributed by atoms with van der Waals surface area (Å²) in [6.45, 7) is 4.38. The van der Waals surface area contributed by atoms with E-state index in [4.69, 9.17) is 4.52 Å². The molecule has 1 N–H and O–H groups in total. The highest BCUT2D eigenvalue weighted by atomic mass is 16.5. The fourth-order valence-corrected chi connectivity index (χ4v) is 1.24. The molecule has 2 rings (SSSR count). The molecule has 0 radical (unpaired) electrons. The minimum absolute atomic E-state index is 0.588. The lowest BCUT2D eigenvalue weighted by Gasteiger charge is -2.02. The molecule has 0 fully saturated rings. The van der Waals surface area contributed by atoms with Crippen molar-refractivity contribution in [1.82, 2.24) is 20.3 Å². The molecular formula is C10H13N5O. The van der Waals surface area contributed by atoms with Crippen LogP contribution in [0, 0.1) is 13.8 Å². The molecule has 6 heteroatoms. The van der Waals surface area contributed by atoms with Gasteiger partial charge in [-0.1, -0.05) is 5.16 Å². The lowest BCUT2D eigenvalue weighted by Crippen LogP contribution is -2.07. The summed E-state index contributed by atoms with van der Waals surface area (Å²) in [5.74, 6) is 2.04. The zero-order chi connectivity index (χ0) is 11.4. The molecule has 2 heterocycles. The van der Waals surface area contributed by atoms with Gasteiger partial charge in [0.15, 0.2) is 5.82 Å². The number of aryl methyl sites for hydroxylation is 2. The molecule has 0 aliphatic carbocycles. The van der Waals surface area contributed by atoms with Gasteiger partial charge in [-0.3, -0.25) is 0 Å². The number of hydrogen-bond donors (Lipinski definition) is 1. The van der Waals surface area contributed by atoms with Crippen LogP contribution in [0.1, 0.15) is 17.4 Å². The molecule has 0 spiro atoms. The Labute approximate surface area is 93.1 Å². The number of anilines is 1. The SMILES string of the molecule is Cc1ccc(NCCc2noc(C)n2)nn1. The molecule has 0 bridgehead atoms. The lowest BCUT2D eigenvalue weighted by atomic mass is 10.4. The Hall–Kier alpha value is -1.98. The minimum atomic E-state index is 0.588. The molecule has 0 aliphatic heterocycles. The van der Waals surface area contributed by atoms with Crippen molar-refractivity contribution in [2.24, 2.45) is 0 Å². The van der Waals surface area contributed by atoms with Gasteiger partial charge in [-0.05, 0) is 19.1 Å². The van der Waals surface area contributed by atoms with E-state index in [-0.39, 0.29) is 0 Å². The van der Waals surface area contributed by atoms with Gasteiger partial charge in [-0.25, -0.2) is 0 Å². The average molecular weight is 219 g/mol. The highest BCUT2D eigenvalue weighted by Crippen LogP contribution is 2.01. The summed E-state index contributed by atoms with van der Waals surface area (Å²) in [7, 11) is 0. The maximum Gasteiger partial charge on any atom is 0.223 e. The van der Waals surface area contributed by atoms with Gasteiger partial charge in [0.1, 0.15) is 5.82 Å². The number of hydrogen-bond acceptors (Lipinski definition) is 6. The molecule has 6 nitrogen and oxygen atoms in total. The van der Waals surface area contributed by atoms with Crippen molar-refractivity contribution in [2.75, 3.05) is 11.9 Å². The Balaban J connectivity index is 1.82. The van der Waals surface area contributed by atoms with Crippen molar-refractivity contribution >= 4 is 5.82 Å². The summed E-state index contributed by atoms with van der Waals surface area (Å²) in [5, 5.41) is 14.9. The monoisotopic (exact) mass is 219 g/mol. The molecule has 0 amide bonds. The molecule has 0 aliphatic rings. The van der Waals surface area contributed by atoms with Crippen molar-refractivity contribution in [1.29, 1.82) is 0 Å². The zero-order valence-electron chi connectivity index (χ0n) is 9.27. The quantitative estimate of drug-likeness (QED) is 0.830. The first-order valence-electron chi connectivity index (χ1n) is 5.07. The maximum atomic E-state index is 4.87. The molecule has 84 valence electrons. The van der Waals surface area contributed by atoms with E-state index in [2.05, 4.69) is 25.7 Å². The second kappa shape index (κ2) is 4.69. The summed E-state index contributed by atoms with van der Waals surface area (Å²) in [5.41, 5.74) is 0.902. The number of nitrogens with zero attached hydrogens (tertiary/aromatic N) is 4. The fourth-order valence-electron chi connectivity index (χ4n) is 1.24. The average Bonchev–Trinajstić information content (AvgIpc) is 2.67. The summed E-state index contributed by atoms with van der Waals surface area (Å²) in [6, 6.07) is 3.80. The van der Waals surface area contributed by atoms with Crippen LogP contribution in [-0.4, -0.2) is 26.9 Å². The van der Waals surface area contributed by atoms with Crippen LogP contribution in [-0.2, 0) is 6.42 Å². The Kier molecular flexibility index (Phi) is 3.09. The van der Waals surface area contributed by atoms with E-state index in [1.54, 1.807) is 6.92 Å². The first-order valence-corrected chi connectivity index (χ1v) is 5.07. The Morgan fingerprint density at radius 3 is 2.75 bits per heavy atom. The first-order chi connectivity index (χ1) is 7.74. The van der Waals surface area contributed by atoms with Crippen molar-refractivity contribution < 1.29 is 4.52 Å². The second-order valence-corrected chi connectivity index (χ2v) is 3.47. The van der Waals surface area contributed by atoms with Crippen LogP contribution < -0.4 is 5.32 Å². The Morgan fingerprint density at radius 1 is 1.25 bits per heavy atom. The summed E-state index contributed by atoms with van der Waals surface area (Å²) in [4.78, 5) is 4.10. The van der Waals surface area contributed by atoms with E-state index in [9.17, 15) is 0 Å². The van der Waals surface area contributed by atoms with Crippen molar-refractivity contribution in [2.45, 2.75) is 20.3 Å². The fraction of sp³-hybridized carbons (Fsp3) is 0.400. The van der Waals surface area contributed by atoms with Crippen LogP contribution in [0.5, 0.6) is 0 Å². The van der Waals surface area contributed by atoms with Crippen LogP contribution >= 0.6 is 0 Å². The Bertz CT molecular complexity index is 450. The predicted octanol–water partition coefficient (Wildman–Crippen LogP) is 1.13. The molecule has 0 unspecified atom stereocenters. The molecule has 2 aromatic rings. The van der Waals surface area contributed by atoms with E-state index in [1.807, 2.05) is 19.1 Å².